The van der Waals surface area contributed by atoms with E-state index in [-0.39, 0.29) is 0 Å². The normalized spacial score (nSPS) is 16.6. The molecular formula is C22H25N9. The van der Waals surface area contributed by atoms with Crippen molar-refractivity contribution in [2.45, 2.75) is 19.0 Å². The zero-order valence-corrected chi connectivity index (χ0v) is 17.2. The smallest absolute Gasteiger partial charge is 0.222 e. The summed E-state index contributed by atoms with van der Waals surface area (Å²) in [6.07, 6.45) is 8.19. The minimum absolute atomic E-state index is 0.340. The molecule has 9 nitrogen and oxygen atoms in total. The van der Waals surface area contributed by atoms with Crippen molar-refractivity contribution < 1.29 is 0 Å². The first-order chi connectivity index (χ1) is 15.3. The van der Waals surface area contributed by atoms with Gasteiger partial charge in [-0.05, 0) is 36.8 Å². The molecule has 1 atom stereocenters. The number of nitrogens with zero attached hydrogens (tertiary/aromatic N) is 7. The third kappa shape index (κ3) is 4.61. The molecule has 5 rings (SSSR count). The molecule has 0 radical (unpaired) electrons. The highest BCUT2D eigenvalue weighted by atomic mass is 15.3. The van der Waals surface area contributed by atoms with E-state index in [0.717, 1.165) is 55.4 Å². The molecule has 1 aliphatic heterocycles. The Kier molecular flexibility index (Phi) is 5.66. The van der Waals surface area contributed by atoms with E-state index in [2.05, 4.69) is 40.0 Å². The largest absolute Gasteiger partial charge is 0.353 e. The van der Waals surface area contributed by atoms with E-state index < -0.39 is 0 Å². The molecule has 1 unspecified atom stereocenters. The Morgan fingerprint density at radius 3 is 2.68 bits per heavy atom. The monoisotopic (exact) mass is 415 g/mol. The zero-order chi connectivity index (χ0) is 20.9. The third-order valence-corrected chi connectivity index (χ3v) is 5.43. The van der Waals surface area contributed by atoms with E-state index >= 15 is 0 Å². The van der Waals surface area contributed by atoms with Crippen molar-refractivity contribution in [1.29, 1.82) is 0 Å². The quantitative estimate of drug-likeness (QED) is 0.452. The molecule has 4 aromatic rings. The lowest BCUT2D eigenvalue weighted by atomic mass is 10.3. The van der Waals surface area contributed by atoms with Crippen LogP contribution < -0.4 is 10.6 Å². The van der Waals surface area contributed by atoms with E-state index in [4.69, 9.17) is 4.98 Å². The number of rotatable bonds is 8. The minimum atomic E-state index is 0.340. The Hall–Kier alpha value is -3.59. The van der Waals surface area contributed by atoms with Crippen molar-refractivity contribution in [3.8, 4) is 0 Å². The standard InChI is InChI=1S/C22H25N9/c1-2-8-23-17(5-1)16-31-20-19(6-3-9-24-20)29-22(31)28-18-7-13-30(15-18)14-12-27-21-25-10-4-11-26-21/h1-6,8-11,18H,7,12-16H2,(H,28,29)(H,25,26,27). The number of anilines is 2. The predicted octanol–water partition coefficient (Wildman–Crippen LogP) is 2.26. The SMILES string of the molecule is c1ccc(Cn2c(NC3CCN(CCNc4ncccn4)C3)nc3cccnc32)nc1. The molecule has 0 saturated carbocycles. The Balaban J connectivity index is 1.24. The highest BCUT2D eigenvalue weighted by Crippen LogP contribution is 2.21. The van der Waals surface area contributed by atoms with Crippen molar-refractivity contribution in [2.24, 2.45) is 0 Å². The van der Waals surface area contributed by atoms with Crippen LogP contribution in [0.5, 0.6) is 0 Å². The van der Waals surface area contributed by atoms with E-state index in [0.29, 0.717) is 18.5 Å². The van der Waals surface area contributed by atoms with Crippen LogP contribution in [-0.4, -0.2) is 66.6 Å². The van der Waals surface area contributed by atoms with Gasteiger partial charge in [0.2, 0.25) is 11.9 Å². The van der Waals surface area contributed by atoms with E-state index in [1.54, 1.807) is 12.4 Å². The lowest BCUT2D eigenvalue weighted by molar-refractivity contribution is 0.349. The molecule has 31 heavy (non-hydrogen) atoms. The summed E-state index contributed by atoms with van der Waals surface area (Å²) in [5, 5.41) is 6.93. The molecule has 0 bridgehead atoms. The Labute approximate surface area is 180 Å². The lowest BCUT2D eigenvalue weighted by Crippen LogP contribution is -2.31. The summed E-state index contributed by atoms with van der Waals surface area (Å²) in [5.41, 5.74) is 2.75. The summed E-state index contributed by atoms with van der Waals surface area (Å²) in [6.45, 7) is 4.42. The number of imidazole rings is 1. The first kappa shape index (κ1) is 19.4. The van der Waals surface area contributed by atoms with Crippen LogP contribution in [0.1, 0.15) is 12.1 Å². The van der Waals surface area contributed by atoms with Gasteiger partial charge in [0.25, 0.3) is 0 Å². The van der Waals surface area contributed by atoms with E-state index in [1.165, 1.54) is 0 Å². The molecule has 0 spiro atoms. The maximum atomic E-state index is 4.81. The number of aromatic nitrogens is 6. The first-order valence-electron chi connectivity index (χ1n) is 10.6. The van der Waals surface area contributed by atoms with Crippen molar-refractivity contribution in [2.75, 3.05) is 36.8 Å². The molecule has 0 amide bonds. The highest BCUT2D eigenvalue weighted by Gasteiger charge is 2.24. The summed E-state index contributed by atoms with van der Waals surface area (Å²) in [6, 6.07) is 12.0. The number of hydrogen-bond donors (Lipinski definition) is 2. The second-order valence-electron chi connectivity index (χ2n) is 7.62. The van der Waals surface area contributed by atoms with Gasteiger partial charge in [-0.15, -0.1) is 0 Å². The number of hydrogen-bond acceptors (Lipinski definition) is 8. The average molecular weight is 416 g/mol. The van der Waals surface area contributed by atoms with Gasteiger partial charge in [-0.3, -0.25) is 14.5 Å². The Morgan fingerprint density at radius 2 is 1.81 bits per heavy atom. The van der Waals surface area contributed by atoms with Crippen LogP contribution >= 0.6 is 0 Å². The highest BCUT2D eigenvalue weighted by molar-refractivity contribution is 5.74. The minimum Gasteiger partial charge on any atom is -0.353 e. The molecule has 5 heterocycles. The molecule has 158 valence electrons. The van der Waals surface area contributed by atoms with Crippen LogP contribution in [0.25, 0.3) is 11.2 Å². The Bertz CT molecular complexity index is 1110. The first-order valence-corrected chi connectivity index (χ1v) is 10.6. The number of fused-ring (bicyclic) bond motifs is 1. The van der Waals surface area contributed by atoms with Crippen LogP contribution in [0.4, 0.5) is 11.9 Å². The predicted molar refractivity (Wildman–Crippen MR) is 120 cm³/mol. The number of nitrogens with one attached hydrogen (secondary N) is 2. The molecule has 1 fully saturated rings. The number of pyridine rings is 2. The van der Waals surface area contributed by atoms with Gasteiger partial charge in [-0.2, -0.15) is 0 Å². The van der Waals surface area contributed by atoms with E-state index in [9.17, 15) is 0 Å². The van der Waals surface area contributed by atoms with Crippen LogP contribution in [-0.2, 0) is 6.54 Å². The summed E-state index contributed by atoms with van der Waals surface area (Å²) in [4.78, 5) is 24.7. The second kappa shape index (κ2) is 9.05. The zero-order valence-electron chi connectivity index (χ0n) is 17.2. The summed E-state index contributed by atoms with van der Waals surface area (Å²) in [7, 11) is 0. The van der Waals surface area contributed by atoms with Gasteiger partial charge in [0, 0.05) is 57.0 Å². The van der Waals surface area contributed by atoms with Gasteiger partial charge in [-0.25, -0.2) is 19.9 Å². The molecule has 0 aliphatic carbocycles. The fraction of sp³-hybridized carbons (Fsp3) is 0.318. The molecule has 1 saturated heterocycles. The molecule has 0 aromatic carbocycles. The average Bonchev–Trinajstić information content (AvgIpc) is 3.40. The van der Waals surface area contributed by atoms with Crippen LogP contribution in [0.3, 0.4) is 0 Å². The van der Waals surface area contributed by atoms with Crippen LogP contribution in [0.15, 0.2) is 61.2 Å². The summed E-state index contributed by atoms with van der Waals surface area (Å²) < 4.78 is 2.12. The molecule has 1 aliphatic rings. The van der Waals surface area contributed by atoms with Gasteiger partial charge in [0.05, 0.1) is 12.2 Å². The topological polar surface area (TPSA) is 96.7 Å². The van der Waals surface area contributed by atoms with Gasteiger partial charge in [0.1, 0.15) is 5.52 Å². The summed E-state index contributed by atoms with van der Waals surface area (Å²) >= 11 is 0. The van der Waals surface area contributed by atoms with Gasteiger partial charge >= 0.3 is 0 Å². The van der Waals surface area contributed by atoms with Crippen molar-refractivity contribution >= 4 is 23.1 Å². The van der Waals surface area contributed by atoms with Crippen molar-refractivity contribution in [1.82, 2.24) is 34.4 Å². The maximum Gasteiger partial charge on any atom is 0.222 e. The molecule has 9 heteroatoms. The maximum absolute atomic E-state index is 4.81. The third-order valence-electron chi connectivity index (χ3n) is 5.43. The fourth-order valence-corrected chi connectivity index (χ4v) is 3.92. The lowest BCUT2D eigenvalue weighted by Gasteiger charge is -2.18. The molecule has 2 N–H and O–H groups in total. The fourth-order valence-electron chi connectivity index (χ4n) is 3.92. The van der Waals surface area contributed by atoms with Crippen molar-refractivity contribution in [3.05, 3.63) is 66.9 Å². The van der Waals surface area contributed by atoms with Crippen LogP contribution in [0.2, 0.25) is 0 Å². The van der Waals surface area contributed by atoms with Crippen LogP contribution in [0, 0.1) is 0 Å². The van der Waals surface area contributed by atoms with Gasteiger partial charge in [0.15, 0.2) is 5.65 Å². The summed E-state index contributed by atoms with van der Waals surface area (Å²) in [5.74, 6) is 1.52. The second-order valence-corrected chi connectivity index (χ2v) is 7.62. The molecule has 4 aromatic heterocycles. The Morgan fingerprint density at radius 1 is 0.935 bits per heavy atom. The van der Waals surface area contributed by atoms with E-state index in [1.807, 2.05) is 48.8 Å². The van der Waals surface area contributed by atoms with Gasteiger partial charge in [-0.1, -0.05) is 6.07 Å². The molecular weight excluding hydrogens is 390 g/mol. The number of likely N-dealkylation sites (tertiary alicyclic amines) is 1. The van der Waals surface area contributed by atoms with Gasteiger partial charge < -0.3 is 10.6 Å². The van der Waals surface area contributed by atoms with Crippen molar-refractivity contribution in [3.63, 3.8) is 0 Å².